The third-order valence-corrected chi connectivity index (χ3v) is 5.19. The lowest BCUT2D eigenvalue weighted by Gasteiger charge is -2.28. The van der Waals surface area contributed by atoms with Gasteiger partial charge in [0.2, 0.25) is 0 Å². The summed E-state index contributed by atoms with van der Waals surface area (Å²) in [6.07, 6.45) is 0.480. The highest BCUT2D eigenvalue weighted by atomic mass is 19.1. The van der Waals surface area contributed by atoms with Crippen LogP contribution in [-0.4, -0.2) is 27.4 Å². The van der Waals surface area contributed by atoms with Crippen molar-refractivity contribution in [1.82, 2.24) is 14.9 Å². The first-order valence-electron chi connectivity index (χ1n) is 9.42. The van der Waals surface area contributed by atoms with Gasteiger partial charge in [0, 0.05) is 24.2 Å². The van der Waals surface area contributed by atoms with E-state index in [2.05, 4.69) is 15.3 Å². The Hall–Kier alpha value is -3.48. The predicted molar refractivity (Wildman–Crippen MR) is 109 cm³/mol. The topological polar surface area (TPSA) is 78.1 Å². The Morgan fingerprint density at radius 2 is 1.83 bits per heavy atom. The fourth-order valence-corrected chi connectivity index (χ4v) is 3.54. The van der Waals surface area contributed by atoms with Gasteiger partial charge in [-0.2, -0.15) is 0 Å². The molecule has 148 valence electrons. The van der Waals surface area contributed by atoms with Gasteiger partial charge in [-0.3, -0.25) is 4.79 Å². The molecule has 7 heteroatoms. The van der Waals surface area contributed by atoms with Crippen LogP contribution in [0.15, 0.2) is 47.3 Å². The predicted octanol–water partition coefficient (Wildman–Crippen LogP) is 3.78. The normalized spacial score (nSPS) is 13.1. The Bertz CT molecular complexity index is 1120. The third-order valence-electron chi connectivity index (χ3n) is 5.19. The number of halogens is 1. The molecule has 0 fully saturated rings. The van der Waals surface area contributed by atoms with Gasteiger partial charge in [-0.15, -0.1) is 0 Å². The first-order valence-corrected chi connectivity index (χ1v) is 9.42. The van der Waals surface area contributed by atoms with Gasteiger partial charge in [0.15, 0.2) is 0 Å². The highest BCUT2D eigenvalue weighted by Gasteiger charge is 2.25. The van der Waals surface area contributed by atoms with Gasteiger partial charge < -0.3 is 15.2 Å². The fraction of sp³-hybridized carbons (Fsp3) is 0.227. The Morgan fingerprint density at radius 3 is 2.52 bits per heavy atom. The molecular formula is C22H21FN4O2. The van der Waals surface area contributed by atoms with Crippen molar-refractivity contribution in [2.24, 2.45) is 0 Å². The molecule has 0 saturated carbocycles. The number of fused-ring (bicyclic) bond motifs is 1. The highest BCUT2D eigenvalue weighted by Crippen LogP contribution is 2.22. The smallest absolute Gasteiger partial charge is 0.320 e. The number of carbonyl (C=O) groups is 1. The van der Waals surface area contributed by atoms with Crippen LogP contribution < -0.4 is 10.9 Å². The number of aromatic amines is 1. The summed E-state index contributed by atoms with van der Waals surface area (Å²) in [7, 11) is 0. The van der Waals surface area contributed by atoms with Crippen molar-refractivity contribution in [3.05, 3.63) is 81.0 Å². The summed E-state index contributed by atoms with van der Waals surface area (Å²) in [6.45, 7) is 4.54. The standard InChI is InChI=1S/C22H21FN4O2/c1-13-4-3-5-14(2)19(13)25-22(29)27-11-10-18-17(12-27)21(28)26-20(24-18)15-6-8-16(23)9-7-15/h3-9H,10-12H2,1-2H3,(H,25,29)(H,24,26,28). The molecule has 3 aromatic rings. The molecule has 0 saturated heterocycles. The van der Waals surface area contributed by atoms with Crippen molar-refractivity contribution >= 4 is 11.7 Å². The molecule has 2 aromatic carbocycles. The average molecular weight is 392 g/mol. The van der Waals surface area contributed by atoms with E-state index < -0.39 is 0 Å². The molecule has 1 aliphatic heterocycles. The molecule has 29 heavy (non-hydrogen) atoms. The number of anilines is 1. The van der Waals surface area contributed by atoms with Gasteiger partial charge in [-0.25, -0.2) is 14.2 Å². The summed E-state index contributed by atoms with van der Waals surface area (Å²) in [5, 5.41) is 2.96. The quantitative estimate of drug-likeness (QED) is 0.697. The van der Waals surface area contributed by atoms with Crippen LogP contribution in [0.1, 0.15) is 22.4 Å². The molecule has 1 aromatic heterocycles. The number of rotatable bonds is 2. The molecular weight excluding hydrogens is 371 g/mol. The van der Waals surface area contributed by atoms with E-state index in [9.17, 15) is 14.0 Å². The summed E-state index contributed by atoms with van der Waals surface area (Å²) in [4.78, 5) is 34.3. The number of nitrogens with zero attached hydrogens (tertiary/aromatic N) is 2. The van der Waals surface area contributed by atoms with Crippen LogP contribution in [-0.2, 0) is 13.0 Å². The van der Waals surface area contributed by atoms with Gasteiger partial charge in [-0.1, -0.05) is 18.2 Å². The zero-order valence-electron chi connectivity index (χ0n) is 16.3. The molecule has 0 atom stereocenters. The van der Waals surface area contributed by atoms with E-state index in [-0.39, 0.29) is 24.0 Å². The SMILES string of the molecule is Cc1cccc(C)c1NC(=O)N1CCc2nc(-c3ccc(F)cc3)[nH]c(=O)c2C1. The molecule has 0 bridgehead atoms. The van der Waals surface area contributed by atoms with Gasteiger partial charge in [0.05, 0.1) is 17.8 Å². The zero-order valence-corrected chi connectivity index (χ0v) is 16.3. The monoisotopic (exact) mass is 392 g/mol. The average Bonchev–Trinajstić information content (AvgIpc) is 2.71. The van der Waals surface area contributed by atoms with Crippen LogP contribution in [0.4, 0.5) is 14.9 Å². The Balaban J connectivity index is 1.56. The van der Waals surface area contributed by atoms with Crippen molar-refractivity contribution in [3.63, 3.8) is 0 Å². The number of aromatic nitrogens is 2. The van der Waals surface area contributed by atoms with E-state index in [1.165, 1.54) is 12.1 Å². The number of para-hydroxylation sites is 1. The van der Waals surface area contributed by atoms with Crippen molar-refractivity contribution in [2.45, 2.75) is 26.8 Å². The molecule has 4 rings (SSSR count). The summed E-state index contributed by atoms with van der Waals surface area (Å²) in [5.74, 6) is 0.0572. The van der Waals surface area contributed by atoms with Gasteiger partial charge in [-0.05, 0) is 49.2 Å². The first-order chi connectivity index (χ1) is 13.9. The lowest BCUT2D eigenvalue weighted by molar-refractivity contribution is 0.205. The third kappa shape index (κ3) is 3.76. The molecule has 0 unspecified atom stereocenters. The molecule has 2 N–H and O–H groups in total. The summed E-state index contributed by atoms with van der Waals surface area (Å²) in [6, 6.07) is 11.4. The maximum Gasteiger partial charge on any atom is 0.322 e. The van der Waals surface area contributed by atoms with Crippen LogP contribution in [0.25, 0.3) is 11.4 Å². The minimum Gasteiger partial charge on any atom is -0.320 e. The van der Waals surface area contributed by atoms with Crippen LogP contribution >= 0.6 is 0 Å². The number of H-pyrrole nitrogens is 1. The Labute approximate surface area is 167 Å². The summed E-state index contributed by atoms with van der Waals surface area (Å²) >= 11 is 0. The highest BCUT2D eigenvalue weighted by molar-refractivity contribution is 5.91. The molecule has 2 heterocycles. The van der Waals surface area contributed by atoms with Crippen LogP contribution in [0.5, 0.6) is 0 Å². The van der Waals surface area contributed by atoms with Crippen molar-refractivity contribution < 1.29 is 9.18 Å². The van der Waals surface area contributed by atoms with Crippen LogP contribution in [0.2, 0.25) is 0 Å². The largest absolute Gasteiger partial charge is 0.322 e. The van der Waals surface area contributed by atoms with Crippen LogP contribution in [0.3, 0.4) is 0 Å². The minimum absolute atomic E-state index is 0.193. The van der Waals surface area contributed by atoms with Gasteiger partial charge >= 0.3 is 6.03 Å². The summed E-state index contributed by atoms with van der Waals surface area (Å²) in [5.41, 5.74) is 4.28. The number of carbonyl (C=O) groups excluding carboxylic acids is 1. The van der Waals surface area contributed by atoms with Crippen molar-refractivity contribution in [1.29, 1.82) is 0 Å². The molecule has 0 aliphatic carbocycles. The van der Waals surface area contributed by atoms with E-state index in [0.29, 0.717) is 35.6 Å². The lowest BCUT2D eigenvalue weighted by atomic mass is 10.1. The summed E-state index contributed by atoms with van der Waals surface area (Å²) < 4.78 is 13.1. The lowest BCUT2D eigenvalue weighted by Crippen LogP contribution is -2.42. The second-order valence-electron chi connectivity index (χ2n) is 7.22. The number of amides is 2. The van der Waals surface area contributed by atoms with E-state index in [4.69, 9.17) is 0 Å². The number of hydrogen-bond donors (Lipinski definition) is 2. The Morgan fingerprint density at radius 1 is 1.14 bits per heavy atom. The van der Waals surface area contributed by atoms with Crippen molar-refractivity contribution in [2.75, 3.05) is 11.9 Å². The molecule has 6 nitrogen and oxygen atoms in total. The van der Waals surface area contributed by atoms with E-state index in [0.717, 1.165) is 16.8 Å². The molecule has 2 amide bonds. The Kier molecular flexibility index (Phi) is 4.88. The maximum atomic E-state index is 13.1. The zero-order chi connectivity index (χ0) is 20.5. The maximum absolute atomic E-state index is 13.1. The first kappa shape index (κ1) is 18.9. The van der Waals surface area contributed by atoms with E-state index in [1.807, 2.05) is 32.0 Å². The number of benzene rings is 2. The number of urea groups is 1. The second kappa shape index (κ2) is 7.50. The van der Waals surface area contributed by atoms with Gasteiger partial charge in [0.1, 0.15) is 11.6 Å². The number of nitrogens with one attached hydrogen (secondary N) is 2. The van der Waals surface area contributed by atoms with E-state index >= 15 is 0 Å². The van der Waals surface area contributed by atoms with Crippen LogP contribution in [0, 0.1) is 19.7 Å². The minimum atomic E-state index is -0.348. The van der Waals surface area contributed by atoms with Gasteiger partial charge in [0.25, 0.3) is 5.56 Å². The molecule has 0 radical (unpaired) electrons. The number of aryl methyl sites for hydroxylation is 2. The van der Waals surface area contributed by atoms with E-state index in [1.54, 1.807) is 17.0 Å². The van der Waals surface area contributed by atoms with Crippen molar-refractivity contribution in [3.8, 4) is 11.4 Å². The molecule has 0 spiro atoms. The molecule has 1 aliphatic rings. The number of hydrogen-bond acceptors (Lipinski definition) is 3. The fourth-order valence-electron chi connectivity index (χ4n) is 3.54. The second-order valence-corrected chi connectivity index (χ2v) is 7.22.